The molecule has 0 atom stereocenters. The van der Waals surface area contributed by atoms with Crippen molar-refractivity contribution in [3.05, 3.63) is 41.3 Å². The number of aryl methyl sites for hydroxylation is 1. The van der Waals surface area contributed by atoms with E-state index in [4.69, 9.17) is 0 Å². The van der Waals surface area contributed by atoms with Gasteiger partial charge in [-0.15, -0.1) is 11.3 Å². The van der Waals surface area contributed by atoms with Crippen molar-refractivity contribution in [3.63, 3.8) is 0 Å². The van der Waals surface area contributed by atoms with Gasteiger partial charge in [0, 0.05) is 23.7 Å². The topological polar surface area (TPSA) is 83.5 Å². The Bertz CT molecular complexity index is 956. The fourth-order valence-corrected chi connectivity index (χ4v) is 6.75. The van der Waals surface area contributed by atoms with E-state index in [2.05, 4.69) is 4.72 Å². The smallest absolute Gasteiger partial charge is 0.271 e. The fourth-order valence-electron chi connectivity index (χ4n) is 2.89. The molecule has 0 bridgehead atoms. The van der Waals surface area contributed by atoms with E-state index in [1.54, 1.807) is 12.1 Å². The van der Waals surface area contributed by atoms with Crippen LogP contribution >= 0.6 is 11.3 Å². The van der Waals surface area contributed by atoms with Gasteiger partial charge in [-0.3, -0.25) is 4.72 Å². The molecule has 0 spiro atoms. The van der Waals surface area contributed by atoms with Gasteiger partial charge < -0.3 is 0 Å². The van der Waals surface area contributed by atoms with Gasteiger partial charge in [0.05, 0.1) is 4.90 Å². The molecule has 1 aromatic carbocycles. The van der Waals surface area contributed by atoms with Crippen LogP contribution in [0.15, 0.2) is 45.5 Å². The molecule has 0 unspecified atom stereocenters. The Labute approximate surface area is 159 Å². The maximum Gasteiger partial charge on any atom is 0.271 e. The predicted molar refractivity (Wildman–Crippen MR) is 104 cm³/mol. The average molecular weight is 415 g/mol. The molecule has 6 nitrogen and oxygen atoms in total. The minimum atomic E-state index is -3.66. The van der Waals surface area contributed by atoms with Crippen LogP contribution in [0.3, 0.4) is 0 Å². The highest BCUT2D eigenvalue weighted by atomic mass is 32.2. The van der Waals surface area contributed by atoms with E-state index in [9.17, 15) is 16.8 Å². The van der Waals surface area contributed by atoms with Crippen LogP contribution in [0.2, 0.25) is 0 Å². The molecule has 1 aliphatic heterocycles. The molecule has 26 heavy (non-hydrogen) atoms. The highest BCUT2D eigenvalue weighted by molar-refractivity contribution is 7.94. The van der Waals surface area contributed by atoms with Gasteiger partial charge in [0.1, 0.15) is 4.21 Å². The zero-order chi connectivity index (χ0) is 18.8. The number of benzene rings is 1. The van der Waals surface area contributed by atoms with Crippen LogP contribution in [0, 0.1) is 6.92 Å². The van der Waals surface area contributed by atoms with E-state index >= 15 is 0 Å². The molecule has 1 aliphatic rings. The summed E-state index contributed by atoms with van der Waals surface area (Å²) in [4.78, 5) is 1.10. The standard InChI is InChI=1S/C17H22N2O4S3/c1-14-6-11-17(24-14)25(20,21)18-15-7-9-16(10-8-15)26(22,23)19-12-4-2-3-5-13-19/h6-11,18H,2-5,12-13H2,1H3. The van der Waals surface area contributed by atoms with Crippen molar-refractivity contribution in [2.45, 2.75) is 41.7 Å². The van der Waals surface area contributed by atoms with Gasteiger partial charge in [-0.25, -0.2) is 16.8 Å². The summed E-state index contributed by atoms with van der Waals surface area (Å²) >= 11 is 1.19. The van der Waals surface area contributed by atoms with E-state index < -0.39 is 20.0 Å². The first-order chi connectivity index (χ1) is 12.3. The summed E-state index contributed by atoms with van der Waals surface area (Å²) in [6, 6.07) is 9.19. The molecule has 0 amide bonds. The van der Waals surface area contributed by atoms with Crippen molar-refractivity contribution in [2.75, 3.05) is 17.8 Å². The molecule has 3 rings (SSSR count). The molecule has 142 valence electrons. The van der Waals surface area contributed by atoms with Gasteiger partial charge in [-0.1, -0.05) is 12.8 Å². The number of rotatable bonds is 5. The maximum absolute atomic E-state index is 12.7. The normalized spacial score (nSPS) is 17.0. The quantitative estimate of drug-likeness (QED) is 0.812. The lowest BCUT2D eigenvalue weighted by molar-refractivity contribution is 0.424. The first-order valence-corrected chi connectivity index (χ1v) is 12.2. The third-order valence-corrected chi connectivity index (χ3v) is 9.08. The zero-order valence-electron chi connectivity index (χ0n) is 14.5. The van der Waals surface area contributed by atoms with Crippen LogP contribution in [0.1, 0.15) is 30.6 Å². The molecule has 1 saturated heterocycles. The van der Waals surface area contributed by atoms with Gasteiger partial charge in [-0.05, 0) is 56.2 Å². The number of nitrogens with one attached hydrogen (secondary N) is 1. The van der Waals surface area contributed by atoms with Crippen LogP contribution < -0.4 is 4.72 Å². The Morgan fingerprint density at radius 3 is 2.04 bits per heavy atom. The third-order valence-electron chi connectivity index (χ3n) is 4.29. The van der Waals surface area contributed by atoms with Crippen LogP contribution in [-0.2, 0) is 20.0 Å². The first kappa shape index (κ1) is 19.3. The number of nitrogens with zero attached hydrogens (tertiary/aromatic N) is 1. The molecule has 2 heterocycles. The largest absolute Gasteiger partial charge is 0.279 e. The maximum atomic E-state index is 12.7. The molecule has 0 radical (unpaired) electrons. The van der Waals surface area contributed by atoms with Gasteiger partial charge in [-0.2, -0.15) is 4.31 Å². The highest BCUT2D eigenvalue weighted by Crippen LogP contribution is 2.25. The summed E-state index contributed by atoms with van der Waals surface area (Å²) in [6.45, 7) is 2.91. The van der Waals surface area contributed by atoms with Crippen LogP contribution in [-0.4, -0.2) is 34.2 Å². The molecule has 2 aromatic rings. The van der Waals surface area contributed by atoms with E-state index in [-0.39, 0.29) is 9.10 Å². The number of thiophene rings is 1. The van der Waals surface area contributed by atoms with Crippen LogP contribution in [0.5, 0.6) is 0 Å². The molecule has 1 fully saturated rings. The summed E-state index contributed by atoms with van der Waals surface area (Å²) in [6.07, 6.45) is 3.85. The SMILES string of the molecule is Cc1ccc(S(=O)(=O)Nc2ccc(S(=O)(=O)N3CCCCCC3)cc2)s1. The number of anilines is 1. The molecule has 0 saturated carbocycles. The van der Waals surface area contributed by atoms with Gasteiger partial charge in [0.25, 0.3) is 10.0 Å². The van der Waals surface area contributed by atoms with Gasteiger partial charge in [0.2, 0.25) is 10.0 Å². The predicted octanol–water partition coefficient (Wildman–Crippen LogP) is 3.42. The Balaban J connectivity index is 1.78. The second-order valence-electron chi connectivity index (χ2n) is 6.31. The highest BCUT2D eigenvalue weighted by Gasteiger charge is 2.25. The Morgan fingerprint density at radius 1 is 0.885 bits per heavy atom. The van der Waals surface area contributed by atoms with Crippen molar-refractivity contribution in [2.24, 2.45) is 0 Å². The Kier molecular flexibility index (Phi) is 5.71. The summed E-state index contributed by atoms with van der Waals surface area (Å²) in [5, 5.41) is 0. The second kappa shape index (κ2) is 7.67. The van der Waals surface area contributed by atoms with Crippen molar-refractivity contribution in [3.8, 4) is 0 Å². The van der Waals surface area contributed by atoms with Crippen molar-refractivity contribution in [1.29, 1.82) is 0 Å². The molecule has 0 aliphatic carbocycles. The number of hydrogen-bond acceptors (Lipinski definition) is 5. The summed E-state index contributed by atoms with van der Waals surface area (Å²) in [5.74, 6) is 0. The molecular formula is C17H22N2O4S3. The number of hydrogen-bond donors (Lipinski definition) is 1. The van der Waals surface area contributed by atoms with E-state index in [1.807, 2.05) is 6.92 Å². The molecule has 1 aromatic heterocycles. The fraction of sp³-hybridized carbons (Fsp3) is 0.412. The van der Waals surface area contributed by atoms with E-state index in [0.29, 0.717) is 18.8 Å². The minimum Gasteiger partial charge on any atom is -0.279 e. The van der Waals surface area contributed by atoms with Gasteiger partial charge in [0.15, 0.2) is 0 Å². The van der Waals surface area contributed by atoms with Crippen molar-refractivity contribution >= 4 is 37.1 Å². The molecular weight excluding hydrogens is 392 g/mol. The minimum absolute atomic E-state index is 0.189. The summed E-state index contributed by atoms with van der Waals surface area (Å²) in [5.41, 5.74) is 0.339. The third kappa shape index (κ3) is 4.28. The Hall–Kier alpha value is -1.42. The lowest BCUT2D eigenvalue weighted by atomic mass is 10.2. The zero-order valence-corrected chi connectivity index (χ0v) is 17.0. The van der Waals surface area contributed by atoms with E-state index in [0.717, 1.165) is 30.6 Å². The van der Waals surface area contributed by atoms with Gasteiger partial charge >= 0.3 is 0 Å². The van der Waals surface area contributed by atoms with Crippen LogP contribution in [0.4, 0.5) is 5.69 Å². The summed E-state index contributed by atoms with van der Waals surface area (Å²) in [7, 11) is -7.19. The lowest BCUT2D eigenvalue weighted by Gasteiger charge is -2.20. The average Bonchev–Trinajstić information content (AvgIpc) is 2.86. The monoisotopic (exact) mass is 414 g/mol. The first-order valence-electron chi connectivity index (χ1n) is 8.48. The Morgan fingerprint density at radius 2 is 1.50 bits per heavy atom. The second-order valence-corrected chi connectivity index (χ2v) is 11.4. The van der Waals surface area contributed by atoms with Crippen LogP contribution in [0.25, 0.3) is 0 Å². The van der Waals surface area contributed by atoms with E-state index in [1.165, 1.54) is 39.9 Å². The lowest BCUT2D eigenvalue weighted by Crippen LogP contribution is -2.31. The number of sulfonamides is 2. The van der Waals surface area contributed by atoms with Crippen molar-refractivity contribution in [1.82, 2.24) is 4.31 Å². The molecule has 1 N–H and O–H groups in total. The van der Waals surface area contributed by atoms with Crippen molar-refractivity contribution < 1.29 is 16.8 Å². The summed E-state index contributed by atoms with van der Waals surface area (Å²) < 4.78 is 54.5. The molecule has 9 heteroatoms.